The number of pyridine rings is 1. The zero-order chi connectivity index (χ0) is 20.4. The summed E-state index contributed by atoms with van der Waals surface area (Å²) in [6, 6.07) is 20.3. The number of nitrogens with zero attached hydrogens (tertiary/aromatic N) is 1. The van der Waals surface area contributed by atoms with E-state index in [9.17, 15) is 8.42 Å². The van der Waals surface area contributed by atoms with Gasteiger partial charge in [0, 0.05) is 17.6 Å². The van der Waals surface area contributed by atoms with E-state index < -0.39 is 10.0 Å². The highest BCUT2D eigenvalue weighted by Gasteiger charge is 2.22. The van der Waals surface area contributed by atoms with Gasteiger partial charge >= 0.3 is 0 Å². The average molecular weight is 407 g/mol. The molecule has 1 N–H and O–H groups in total. The van der Waals surface area contributed by atoms with Crippen LogP contribution < -0.4 is 9.46 Å². The molecule has 0 saturated carbocycles. The summed E-state index contributed by atoms with van der Waals surface area (Å²) < 4.78 is 34.8. The second-order valence-corrected chi connectivity index (χ2v) is 8.53. The largest absolute Gasteiger partial charge is 0.492 e. The Labute approximate surface area is 170 Å². The minimum Gasteiger partial charge on any atom is -0.492 e. The number of rotatable bonds is 6. The normalized spacial score (nSPS) is 12.9. The maximum absolute atomic E-state index is 13.2. The maximum Gasteiger partial charge on any atom is 0.241 e. The molecule has 1 atom stereocenters. The van der Waals surface area contributed by atoms with Crippen LogP contribution in [0, 0.1) is 0 Å². The van der Waals surface area contributed by atoms with E-state index in [1.165, 1.54) is 0 Å². The fourth-order valence-electron chi connectivity index (χ4n) is 3.47. The van der Waals surface area contributed by atoms with Crippen molar-refractivity contribution in [1.82, 2.24) is 9.71 Å². The van der Waals surface area contributed by atoms with Crippen LogP contribution in [0.4, 0.5) is 0 Å². The molecule has 0 radical (unpaired) electrons. The van der Waals surface area contributed by atoms with Crippen LogP contribution in [-0.2, 0) is 10.0 Å². The second-order valence-electron chi connectivity index (χ2n) is 6.84. The van der Waals surface area contributed by atoms with Crippen molar-refractivity contribution < 1.29 is 13.2 Å². The summed E-state index contributed by atoms with van der Waals surface area (Å²) in [5.74, 6) is 0.574. The van der Waals surface area contributed by atoms with Gasteiger partial charge in [-0.05, 0) is 60.5 Å². The molecule has 0 amide bonds. The van der Waals surface area contributed by atoms with Crippen LogP contribution in [0.3, 0.4) is 0 Å². The summed E-state index contributed by atoms with van der Waals surface area (Å²) in [5, 5.41) is 2.73. The summed E-state index contributed by atoms with van der Waals surface area (Å²) in [6.45, 7) is 4.21. The Morgan fingerprint density at radius 1 is 1.00 bits per heavy atom. The maximum atomic E-state index is 13.2. The highest BCUT2D eigenvalue weighted by molar-refractivity contribution is 7.89. The van der Waals surface area contributed by atoms with Crippen LogP contribution in [0.15, 0.2) is 77.8 Å². The molecule has 3 aromatic carbocycles. The Morgan fingerprint density at radius 2 is 1.79 bits per heavy atom. The molecule has 148 valence electrons. The number of ether oxygens (including phenoxy) is 1. The van der Waals surface area contributed by atoms with Gasteiger partial charge in [0.15, 0.2) is 0 Å². The van der Waals surface area contributed by atoms with Crippen molar-refractivity contribution in [3.8, 4) is 5.75 Å². The van der Waals surface area contributed by atoms with Crippen LogP contribution in [-0.4, -0.2) is 20.0 Å². The van der Waals surface area contributed by atoms with Crippen molar-refractivity contribution in [3.63, 3.8) is 0 Å². The Balaban J connectivity index is 1.70. The van der Waals surface area contributed by atoms with Crippen molar-refractivity contribution in [2.45, 2.75) is 24.8 Å². The molecule has 0 aliphatic heterocycles. The molecule has 4 rings (SSSR count). The van der Waals surface area contributed by atoms with E-state index in [2.05, 4.69) is 9.71 Å². The predicted octanol–water partition coefficient (Wildman–Crippen LogP) is 4.83. The smallest absolute Gasteiger partial charge is 0.241 e. The van der Waals surface area contributed by atoms with Crippen molar-refractivity contribution in [2.24, 2.45) is 0 Å². The predicted molar refractivity (Wildman–Crippen MR) is 116 cm³/mol. The second kappa shape index (κ2) is 7.81. The molecule has 0 spiro atoms. The number of aromatic nitrogens is 1. The molecular formula is C23H22N2O3S. The molecule has 4 aromatic rings. The first-order valence-electron chi connectivity index (χ1n) is 9.51. The average Bonchev–Trinajstić information content (AvgIpc) is 2.73. The topological polar surface area (TPSA) is 68.3 Å². The molecule has 5 nitrogen and oxygen atoms in total. The van der Waals surface area contributed by atoms with Gasteiger partial charge in [-0.1, -0.05) is 36.4 Å². The number of hydrogen-bond acceptors (Lipinski definition) is 4. The fourth-order valence-corrected chi connectivity index (χ4v) is 4.90. The van der Waals surface area contributed by atoms with Gasteiger partial charge in [-0.2, -0.15) is 0 Å². The minimum absolute atomic E-state index is 0.191. The summed E-state index contributed by atoms with van der Waals surface area (Å²) in [7, 11) is -3.76. The zero-order valence-corrected chi connectivity index (χ0v) is 17.1. The Kier molecular flexibility index (Phi) is 5.22. The molecule has 29 heavy (non-hydrogen) atoms. The van der Waals surface area contributed by atoms with Crippen LogP contribution in [0.1, 0.15) is 25.5 Å². The molecule has 0 aliphatic rings. The fraction of sp³-hybridized carbons (Fsp3) is 0.174. The van der Waals surface area contributed by atoms with Crippen LogP contribution in [0.2, 0.25) is 0 Å². The molecule has 6 heteroatoms. The van der Waals surface area contributed by atoms with E-state index in [1.54, 1.807) is 30.5 Å². The van der Waals surface area contributed by atoms with E-state index in [0.29, 0.717) is 23.3 Å². The third-order valence-electron chi connectivity index (χ3n) is 4.89. The summed E-state index contributed by atoms with van der Waals surface area (Å²) in [4.78, 5) is 4.52. The third kappa shape index (κ3) is 3.81. The molecular weight excluding hydrogens is 384 g/mol. The lowest BCUT2D eigenvalue weighted by atomic mass is 10.0. The van der Waals surface area contributed by atoms with E-state index in [4.69, 9.17) is 4.74 Å². The molecule has 0 aliphatic carbocycles. The van der Waals surface area contributed by atoms with Gasteiger partial charge in [0.25, 0.3) is 0 Å². The number of fused-ring (bicyclic) bond motifs is 2. The quantitative estimate of drug-likeness (QED) is 0.498. The van der Waals surface area contributed by atoms with E-state index in [0.717, 1.165) is 16.3 Å². The van der Waals surface area contributed by atoms with Gasteiger partial charge in [0.1, 0.15) is 11.3 Å². The lowest BCUT2D eigenvalue weighted by Gasteiger charge is -2.17. The van der Waals surface area contributed by atoms with Crippen molar-refractivity contribution in [1.29, 1.82) is 0 Å². The summed E-state index contributed by atoms with van der Waals surface area (Å²) >= 11 is 0. The van der Waals surface area contributed by atoms with Gasteiger partial charge in [-0.25, -0.2) is 13.1 Å². The SMILES string of the molecule is CCOc1ccc(S(=O)(=O)NC(C)c2ccc3ccccc3c2)c2cccnc12. The van der Waals surface area contributed by atoms with Crippen molar-refractivity contribution in [2.75, 3.05) is 6.61 Å². The Morgan fingerprint density at radius 3 is 2.59 bits per heavy atom. The number of nitrogens with one attached hydrogen (secondary N) is 1. The number of benzene rings is 3. The molecule has 0 bridgehead atoms. The van der Waals surface area contributed by atoms with Crippen molar-refractivity contribution in [3.05, 3.63) is 78.5 Å². The van der Waals surface area contributed by atoms with Gasteiger partial charge in [-0.3, -0.25) is 4.98 Å². The van der Waals surface area contributed by atoms with Crippen LogP contribution in [0.5, 0.6) is 5.75 Å². The Hall–Kier alpha value is -2.96. The highest BCUT2D eigenvalue weighted by atomic mass is 32.2. The molecule has 0 fully saturated rings. The molecule has 0 saturated heterocycles. The first-order valence-corrected chi connectivity index (χ1v) is 11.0. The lowest BCUT2D eigenvalue weighted by Crippen LogP contribution is -2.27. The standard InChI is InChI=1S/C23H22N2O3S/c1-3-28-21-12-13-22(20-9-6-14-24-23(20)21)29(26,27)25-16(2)18-11-10-17-7-4-5-8-19(17)15-18/h4-16,25H,3H2,1-2H3. The first kappa shape index (κ1) is 19.4. The zero-order valence-electron chi connectivity index (χ0n) is 16.3. The first-order chi connectivity index (χ1) is 14.0. The number of sulfonamides is 1. The number of hydrogen-bond donors (Lipinski definition) is 1. The molecule has 1 unspecified atom stereocenters. The summed E-state index contributed by atoms with van der Waals surface area (Å²) in [5.41, 5.74) is 1.44. The monoisotopic (exact) mass is 406 g/mol. The molecule has 1 heterocycles. The summed E-state index contributed by atoms with van der Waals surface area (Å²) in [6.07, 6.45) is 1.63. The van der Waals surface area contributed by atoms with Crippen LogP contribution >= 0.6 is 0 Å². The van der Waals surface area contributed by atoms with Gasteiger partial charge in [0.05, 0.1) is 11.5 Å². The van der Waals surface area contributed by atoms with E-state index >= 15 is 0 Å². The minimum atomic E-state index is -3.76. The van der Waals surface area contributed by atoms with E-state index in [1.807, 2.05) is 56.3 Å². The van der Waals surface area contributed by atoms with E-state index in [-0.39, 0.29) is 10.9 Å². The van der Waals surface area contributed by atoms with Gasteiger partial charge in [-0.15, -0.1) is 0 Å². The van der Waals surface area contributed by atoms with Gasteiger partial charge in [0.2, 0.25) is 10.0 Å². The van der Waals surface area contributed by atoms with Gasteiger partial charge < -0.3 is 4.74 Å². The Bertz CT molecular complexity index is 1290. The van der Waals surface area contributed by atoms with Crippen molar-refractivity contribution >= 4 is 31.7 Å². The highest BCUT2D eigenvalue weighted by Crippen LogP contribution is 2.30. The molecule has 1 aromatic heterocycles. The third-order valence-corrected chi connectivity index (χ3v) is 6.49. The van der Waals surface area contributed by atoms with Crippen LogP contribution in [0.25, 0.3) is 21.7 Å². The lowest BCUT2D eigenvalue weighted by molar-refractivity contribution is 0.343.